The Morgan fingerprint density at radius 2 is 0.958 bits per heavy atom. The number of rotatable bonds is 26. The van der Waals surface area contributed by atoms with Crippen LogP contribution in [0.5, 0.6) is 0 Å². The van der Waals surface area contributed by atoms with E-state index in [0.29, 0.717) is 76.0 Å². The molecule has 3 N–H and O–H groups in total. The van der Waals surface area contributed by atoms with Crippen LogP contribution in [0.25, 0.3) is 0 Å². The molecule has 0 heterocycles. The number of Topliss-reactive ketones (excluding diaryl/α,β-unsaturated/α-hetero) is 3. The molecule has 48 heavy (non-hydrogen) atoms. The summed E-state index contributed by atoms with van der Waals surface area (Å²) in [6.07, 6.45) is 9.58. The van der Waals surface area contributed by atoms with Gasteiger partial charge in [-0.25, -0.2) is 0 Å². The van der Waals surface area contributed by atoms with Gasteiger partial charge in [0, 0.05) is 38.9 Å². The number of amides is 1. The van der Waals surface area contributed by atoms with Gasteiger partial charge >= 0.3 is 0 Å². The van der Waals surface area contributed by atoms with Crippen molar-refractivity contribution in [3.8, 4) is 0 Å². The van der Waals surface area contributed by atoms with Gasteiger partial charge < -0.3 is 11.1 Å². The van der Waals surface area contributed by atoms with Crippen LogP contribution in [0.1, 0.15) is 112 Å². The molecule has 0 radical (unpaired) electrons. The van der Waals surface area contributed by atoms with Crippen LogP contribution in [0.15, 0.2) is 0 Å². The van der Waals surface area contributed by atoms with Crippen LogP contribution >= 0.6 is 0 Å². The lowest BCUT2D eigenvalue weighted by molar-refractivity contribution is -0.123. The SMILES string of the molecule is CCN(CC)CC(=O)C[C@H]1CCCC[C@@H](CC(=O)CN(CC)CCN(CC)CC(=O)NCCCN)C[C@@H](CC(=O)CN(CC)CC)CC1. The fourth-order valence-corrected chi connectivity index (χ4v) is 7.14. The minimum absolute atomic E-state index is 0.0168. The number of hydrogen-bond donors (Lipinski definition) is 2. The predicted molar refractivity (Wildman–Crippen MR) is 198 cm³/mol. The topological polar surface area (TPSA) is 119 Å². The second-order valence-electron chi connectivity index (χ2n) is 14.1. The van der Waals surface area contributed by atoms with E-state index in [-0.39, 0.29) is 23.5 Å². The Labute approximate surface area is 294 Å². The van der Waals surface area contributed by atoms with Gasteiger partial charge in [-0.05, 0) is 89.3 Å². The smallest absolute Gasteiger partial charge is 0.234 e. The van der Waals surface area contributed by atoms with E-state index in [2.05, 4.69) is 66.5 Å². The van der Waals surface area contributed by atoms with E-state index < -0.39 is 0 Å². The maximum Gasteiger partial charge on any atom is 0.234 e. The number of nitrogens with zero attached hydrogens (tertiary/aromatic N) is 4. The number of carbonyl (C=O) groups is 4. The first-order valence-corrected chi connectivity index (χ1v) is 19.5. The summed E-state index contributed by atoms with van der Waals surface area (Å²) in [7, 11) is 0. The van der Waals surface area contributed by atoms with Crippen molar-refractivity contribution in [2.45, 2.75) is 112 Å². The van der Waals surface area contributed by atoms with Gasteiger partial charge in [0.25, 0.3) is 0 Å². The average Bonchev–Trinajstić information content (AvgIpc) is 3.07. The molecule has 1 fully saturated rings. The molecule has 0 bridgehead atoms. The summed E-state index contributed by atoms with van der Waals surface area (Å²) < 4.78 is 0. The number of carbonyl (C=O) groups excluding carboxylic acids is 4. The van der Waals surface area contributed by atoms with Crippen LogP contribution in [-0.2, 0) is 19.2 Å². The maximum absolute atomic E-state index is 13.5. The van der Waals surface area contributed by atoms with Gasteiger partial charge in [-0.2, -0.15) is 0 Å². The van der Waals surface area contributed by atoms with Gasteiger partial charge in [0.1, 0.15) is 17.3 Å². The normalized spacial score (nSPS) is 19.3. The first-order chi connectivity index (χ1) is 23.1. The van der Waals surface area contributed by atoms with E-state index in [4.69, 9.17) is 5.73 Å². The van der Waals surface area contributed by atoms with Crippen molar-refractivity contribution >= 4 is 23.3 Å². The highest BCUT2D eigenvalue weighted by Crippen LogP contribution is 2.33. The van der Waals surface area contributed by atoms with Crippen LogP contribution in [0, 0.1) is 17.8 Å². The molecule has 1 aliphatic carbocycles. The zero-order chi connectivity index (χ0) is 35.7. The van der Waals surface area contributed by atoms with E-state index in [1.807, 2.05) is 0 Å². The molecule has 0 saturated heterocycles. The molecule has 280 valence electrons. The Bertz CT molecular complexity index is 894. The third-order valence-electron chi connectivity index (χ3n) is 10.4. The van der Waals surface area contributed by atoms with Gasteiger partial charge in [-0.3, -0.25) is 38.8 Å². The minimum Gasteiger partial charge on any atom is -0.355 e. The Morgan fingerprint density at radius 1 is 0.562 bits per heavy atom. The summed E-state index contributed by atoms with van der Waals surface area (Å²) in [6.45, 7) is 22.1. The molecule has 1 rings (SSSR count). The first kappa shape index (κ1) is 44.3. The molecule has 1 amide bonds. The number of hydrogen-bond acceptors (Lipinski definition) is 9. The second kappa shape index (κ2) is 27.1. The third-order valence-corrected chi connectivity index (χ3v) is 10.4. The molecular formula is C38H74N6O4. The third kappa shape index (κ3) is 20.1. The molecule has 0 aromatic heterocycles. The Kier molecular flexibility index (Phi) is 25.0. The van der Waals surface area contributed by atoms with Gasteiger partial charge in [-0.15, -0.1) is 0 Å². The molecule has 0 spiro atoms. The van der Waals surface area contributed by atoms with E-state index in [1.165, 1.54) is 0 Å². The summed E-state index contributed by atoms with van der Waals surface area (Å²) in [5.74, 6) is 1.84. The lowest BCUT2D eigenvalue weighted by atomic mass is 9.78. The standard InChI is InChI=1S/C38H74N6O4/c1-7-41(8-2)28-35(45)25-32-16-13-14-17-33(24-34(19-18-32)27-36(46)29-42(9-3)10-4)26-37(47)30-43(11-5)22-23-44(12-6)31-38(48)40-21-15-20-39/h32-34H,7-31,39H2,1-6H3,(H,40,48)/t32-,33+,34-/m0/s1. The van der Waals surface area contributed by atoms with Crippen molar-refractivity contribution in [2.24, 2.45) is 23.5 Å². The molecule has 1 aliphatic rings. The Balaban J connectivity index is 2.84. The van der Waals surface area contributed by atoms with Crippen molar-refractivity contribution in [1.29, 1.82) is 0 Å². The monoisotopic (exact) mass is 679 g/mol. The van der Waals surface area contributed by atoms with Crippen LogP contribution in [-0.4, -0.2) is 134 Å². The van der Waals surface area contributed by atoms with Crippen molar-refractivity contribution < 1.29 is 19.2 Å². The molecule has 3 atom stereocenters. The number of nitrogens with two attached hydrogens (primary N) is 1. The minimum atomic E-state index is 0.0168. The van der Waals surface area contributed by atoms with Crippen molar-refractivity contribution in [1.82, 2.24) is 24.9 Å². The molecular weight excluding hydrogens is 604 g/mol. The first-order valence-electron chi connectivity index (χ1n) is 19.5. The Morgan fingerprint density at radius 3 is 1.44 bits per heavy atom. The van der Waals surface area contributed by atoms with Crippen LogP contribution in [0.4, 0.5) is 0 Å². The van der Waals surface area contributed by atoms with Gasteiger partial charge in [0.15, 0.2) is 0 Å². The van der Waals surface area contributed by atoms with E-state index >= 15 is 0 Å². The molecule has 0 aliphatic heterocycles. The maximum atomic E-state index is 13.5. The van der Waals surface area contributed by atoms with E-state index in [1.54, 1.807) is 0 Å². The zero-order valence-corrected chi connectivity index (χ0v) is 31.9. The van der Waals surface area contributed by atoms with E-state index in [9.17, 15) is 19.2 Å². The number of nitrogens with one attached hydrogen (secondary N) is 1. The Hall–Kier alpha value is -1.72. The summed E-state index contributed by atoms with van der Waals surface area (Å²) in [6, 6.07) is 0. The highest BCUT2D eigenvalue weighted by Gasteiger charge is 2.26. The second-order valence-corrected chi connectivity index (χ2v) is 14.1. The fourth-order valence-electron chi connectivity index (χ4n) is 7.14. The summed E-state index contributed by atoms with van der Waals surface area (Å²) in [5, 5.41) is 2.93. The molecule has 10 heteroatoms. The van der Waals surface area contributed by atoms with Crippen molar-refractivity contribution in [3.05, 3.63) is 0 Å². The molecule has 10 nitrogen and oxygen atoms in total. The molecule has 1 saturated carbocycles. The van der Waals surface area contributed by atoms with Gasteiger partial charge in [0.2, 0.25) is 5.91 Å². The molecule has 0 aromatic rings. The lowest BCUT2D eigenvalue weighted by Crippen LogP contribution is -2.42. The summed E-state index contributed by atoms with van der Waals surface area (Å²) in [4.78, 5) is 60.7. The quantitative estimate of drug-likeness (QED) is 0.130. The highest BCUT2D eigenvalue weighted by atomic mass is 16.2. The lowest BCUT2D eigenvalue weighted by Gasteiger charge is -2.29. The molecule has 0 unspecified atom stereocenters. The predicted octanol–water partition coefficient (Wildman–Crippen LogP) is 4.25. The molecule has 0 aromatic carbocycles. The zero-order valence-electron chi connectivity index (χ0n) is 31.9. The average molecular weight is 679 g/mol. The summed E-state index contributed by atoms with van der Waals surface area (Å²) >= 11 is 0. The largest absolute Gasteiger partial charge is 0.355 e. The summed E-state index contributed by atoms with van der Waals surface area (Å²) in [5.41, 5.74) is 5.53. The van der Waals surface area contributed by atoms with Gasteiger partial charge in [-0.1, -0.05) is 67.2 Å². The number of likely N-dealkylation sites (N-methyl/N-ethyl adjacent to an activating group) is 4. The number of ketones is 3. The van der Waals surface area contributed by atoms with Crippen molar-refractivity contribution in [3.63, 3.8) is 0 Å². The van der Waals surface area contributed by atoms with Gasteiger partial charge in [0.05, 0.1) is 26.2 Å². The van der Waals surface area contributed by atoms with Crippen LogP contribution < -0.4 is 11.1 Å². The fraction of sp³-hybridized carbons (Fsp3) is 0.895. The highest BCUT2D eigenvalue weighted by molar-refractivity contribution is 5.82. The van der Waals surface area contributed by atoms with E-state index in [0.717, 1.165) is 104 Å². The van der Waals surface area contributed by atoms with Crippen molar-refractivity contribution in [2.75, 3.05) is 91.6 Å². The van der Waals surface area contributed by atoms with Crippen LogP contribution in [0.3, 0.4) is 0 Å². The van der Waals surface area contributed by atoms with Crippen LogP contribution in [0.2, 0.25) is 0 Å².